The second-order valence-electron chi connectivity index (χ2n) is 4.99. The monoisotopic (exact) mass is 342 g/mol. The van der Waals surface area contributed by atoms with Crippen molar-refractivity contribution in [2.75, 3.05) is 6.61 Å². The smallest absolute Gasteiger partial charge is 0.233 e. The minimum absolute atomic E-state index is 0.275. The fourth-order valence-electron chi connectivity index (χ4n) is 1.72. The number of ketones is 2. The Hall–Kier alpha value is -2.30. The summed E-state index contributed by atoms with van der Waals surface area (Å²) in [7, 11) is 0. The van der Waals surface area contributed by atoms with Gasteiger partial charge in [-0.3, -0.25) is 9.59 Å². The van der Waals surface area contributed by atoms with Gasteiger partial charge in [0, 0.05) is 0 Å². The van der Waals surface area contributed by atoms with E-state index in [0.29, 0.717) is 0 Å². The summed E-state index contributed by atoms with van der Waals surface area (Å²) in [5.74, 6) is -3.46. The topological polar surface area (TPSA) is 176 Å². The Kier molecular flexibility index (Phi) is 7.01. The fraction of sp³-hybridized carbons (Fsp3) is 0.333. The first-order chi connectivity index (χ1) is 11.2. The zero-order valence-corrected chi connectivity index (χ0v) is 12.4. The number of carbonyl (C=O) groups excluding carboxylic acids is 2. The first-order valence-corrected chi connectivity index (χ1v) is 6.80. The third kappa shape index (κ3) is 4.85. The summed E-state index contributed by atoms with van der Waals surface area (Å²) in [6.07, 6.45) is -6.41. The molecular weight excluding hydrogens is 324 g/mol. The van der Waals surface area contributed by atoms with Gasteiger partial charge >= 0.3 is 0 Å². The number of allylic oxidation sites excluding steroid dienone is 1. The second-order valence-corrected chi connectivity index (χ2v) is 4.99. The molecule has 0 spiro atoms. The molecule has 1 rings (SSSR count). The van der Waals surface area contributed by atoms with Crippen LogP contribution in [0.15, 0.2) is 24.3 Å². The number of rotatable bonds is 8. The Morgan fingerprint density at radius 1 is 1.00 bits per heavy atom. The zero-order valence-electron chi connectivity index (χ0n) is 12.4. The van der Waals surface area contributed by atoms with E-state index < -0.39 is 48.3 Å². The van der Waals surface area contributed by atoms with Gasteiger partial charge < -0.3 is 35.7 Å². The minimum atomic E-state index is -2.30. The Labute approximate surface area is 136 Å². The molecule has 0 bridgehead atoms. The Morgan fingerprint density at radius 3 is 2.17 bits per heavy atom. The van der Waals surface area contributed by atoms with E-state index in [1.165, 1.54) is 6.07 Å². The lowest BCUT2D eigenvalue weighted by molar-refractivity contribution is -0.152. The molecule has 0 unspecified atom stereocenters. The summed E-state index contributed by atoms with van der Waals surface area (Å²) in [6, 6.07) is 3.62. The molecule has 0 radical (unpaired) electrons. The van der Waals surface area contributed by atoms with E-state index in [1.807, 2.05) is 0 Å². The Morgan fingerprint density at radius 2 is 1.62 bits per heavy atom. The van der Waals surface area contributed by atoms with Crippen LogP contribution in [0.1, 0.15) is 5.56 Å². The maximum absolute atomic E-state index is 11.7. The molecule has 0 aliphatic rings. The van der Waals surface area contributed by atoms with Crippen LogP contribution < -0.4 is 0 Å². The van der Waals surface area contributed by atoms with Gasteiger partial charge in [0.05, 0.1) is 6.61 Å². The number of hydrogen-bond acceptors (Lipinski definition) is 9. The van der Waals surface area contributed by atoms with Crippen LogP contribution >= 0.6 is 0 Å². The van der Waals surface area contributed by atoms with Gasteiger partial charge in [-0.05, 0) is 23.8 Å². The Bertz CT molecular complexity index is 625. The fourth-order valence-corrected chi connectivity index (χ4v) is 1.72. The van der Waals surface area contributed by atoms with Gasteiger partial charge in [0.15, 0.2) is 11.5 Å². The van der Waals surface area contributed by atoms with E-state index in [2.05, 4.69) is 0 Å². The van der Waals surface area contributed by atoms with E-state index in [1.54, 1.807) is 0 Å². The van der Waals surface area contributed by atoms with Gasteiger partial charge in [0.1, 0.15) is 24.4 Å². The third-order valence-corrected chi connectivity index (χ3v) is 3.19. The SMILES string of the molecule is O=C(C=Cc1ccc(O)c(O)c1)C(=O)[C@H](O)[C@@H](O)[C@H](O)[C@H](O)CO. The lowest BCUT2D eigenvalue weighted by Crippen LogP contribution is -2.49. The summed E-state index contributed by atoms with van der Waals surface area (Å²) in [4.78, 5) is 23.3. The number of aliphatic hydroxyl groups excluding tert-OH is 5. The maximum atomic E-state index is 11.7. The number of aromatic hydroxyl groups is 2. The van der Waals surface area contributed by atoms with Crippen LogP contribution in [-0.4, -0.2) is 78.3 Å². The van der Waals surface area contributed by atoms with Crippen molar-refractivity contribution in [1.82, 2.24) is 0 Å². The summed E-state index contributed by atoms with van der Waals surface area (Å²) >= 11 is 0. The summed E-state index contributed by atoms with van der Waals surface area (Å²) in [5.41, 5.74) is 0.275. The van der Waals surface area contributed by atoms with E-state index in [4.69, 9.17) is 15.3 Å². The molecule has 4 atom stereocenters. The lowest BCUT2D eigenvalue weighted by Gasteiger charge is -2.24. The van der Waals surface area contributed by atoms with E-state index in [-0.39, 0.29) is 11.3 Å². The van der Waals surface area contributed by atoms with Crippen molar-refractivity contribution in [1.29, 1.82) is 0 Å². The number of benzene rings is 1. The first kappa shape index (κ1) is 19.7. The van der Waals surface area contributed by atoms with Gasteiger partial charge in [-0.25, -0.2) is 0 Å². The molecule has 0 aliphatic carbocycles. The second kappa shape index (κ2) is 8.52. The van der Waals surface area contributed by atoms with Crippen LogP contribution in [0.2, 0.25) is 0 Å². The van der Waals surface area contributed by atoms with Gasteiger partial charge in [-0.1, -0.05) is 12.1 Å². The average molecular weight is 342 g/mol. The van der Waals surface area contributed by atoms with Crippen molar-refractivity contribution in [3.05, 3.63) is 29.8 Å². The molecule has 0 amide bonds. The first-order valence-electron chi connectivity index (χ1n) is 6.80. The predicted octanol–water partition coefficient (Wildman–Crippen LogP) is -2.31. The van der Waals surface area contributed by atoms with Crippen LogP contribution in [0.5, 0.6) is 11.5 Å². The molecule has 0 saturated carbocycles. The highest BCUT2D eigenvalue weighted by Gasteiger charge is 2.36. The summed E-state index contributed by atoms with van der Waals surface area (Å²) < 4.78 is 0. The van der Waals surface area contributed by atoms with Gasteiger partial charge in [-0.2, -0.15) is 0 Å². The minimum Gasteiger partial charge on any atom is -0.504 e. The molecule has 7 N–H and O–H groups in total. The molecule has 9 heteroatoms. The van der Waals surface area contributed by atoms with E-state index in [9.17, 15) is 30.0 Å². The van der Waals surface area contributed by atoms with Crippen molar-refractivity contribution < 1.29 is 45.3 Å². The molecule has 1 aromatic carbocycles. The largest absolute Gasteiger partial charge is 0.504 e. The third-order valence-electron chi connectivity index (χ3n) is 3.19. The molecule has 9 nitrogen and oxygen atoms in total. The molecule has 0 fully saturated rings. The lowest BCUT2D eigenvalue weighted by atomic mass is 9.98. The highest BCUT2D eigenvalue weighted by atomic mass is 16.4. The van der Waals surface area contributed by atoms with Crippen LogP contribution in [0.4, 0.5) is 0 Å². The highest BCUT2D eigenvalue weighted by molar-refractivity contribution is 6.43. The summed E-state index contributed by atoms with van der Waals surface area (Å²) in [6.45, 7) is -0.919. The number of Topliss-reactive ketones (excluding diaryl/α,β-unsaturated/α-hetero) is 1. The average Bonchev–Trinajstić information content (AvgIpc) is 2.58. The predicted molar refractivity (Wildman–Crippen MR) is 79.9 cm³/mol. The van der Waals surface area contributed by atoms with Crippen LogP contribution in [0.3, 0.4) is 0 Å². The standard InChI is InChI=1S/C15H18O9/c16-6-11(20)13(22)15(24)14(23)12(21)9(18)4-2-7-1-3-8(17)10(19)5-7/h1-5,11,13-17,19-20,22-24H,6H2/t11-,13-,14+,15+/m1/s1. The summed E-state index contributed by atoms with van der Waals surface area (Å²) in [5, 5.41) is 64.7. The molecule has 0 aromatic heterocycles. The molecule has 24 heavy (non-hydrogen) atoms. The van der Waals surface area contributed by atoms with Gasteiger partial charge in [0.25, 0.3) is 0 Å². The number of phenols is 2. The number of aliphatic hydroxyl groups is 5. The van der Waals surface area contributed by atoms with Gasteiger partial charge in [-0.15, -0.1) is 0 Å². The van der Waals surface area contributed by atoms with E-state index in [0.717, 1.165) is 24.3 Å². The number of hydrogen-bond donors (Lipinski definition) is 7. The molecule has 132 valence electrons. The van der Waals surface area contributed by atoms with Crippen LogP contribution in [-0.2, 0) is 9.59 Å². The number of carbonyl (C=O) groups is 2. The highest BCUT2D eigenvalue weighted by Crippen LogP contribution is 2.25. The van der Waals surface area contributed by atoms with E-state index >= 15 is 0 Å². The van der Waals surface area contributed by atoms with Crippen molar-refractivity contribution in [2.45, 2.75) is 24.4 Å². The van der Waals surface area contributed by atoms with Crippen molar-refractivity contribution >= 4 is 17.6 Å². The molecule has 0 heterocycles. The normalized spacial score (nSPS) is 16.5. The van der Waals surface area contributed by atoms with Crippen molar-refractivity contribution in [3.8, 4) is 11.5 Å². The van der Waals surface area contributed by atoms with Gasteiger partial charge in [0.2, 0.25) is 11.6 Å². The molecule has 0 aliphatic heterocycles. The molecule has 0 saturated heterocycles. The van der Waals surface area contributed by atoms with Crippen molar-refractivity contribution in [2.24, 2.45) is 0 Å². The quantitative estimate of drug-likeness (QED) is 0.155. The maximum Gasteiger partial charge on any atom is 0.233 e. The van der Waals surface area contributed by atoms with Crippen LogP contribution in [0.25, 0.3) is 6.08 Å². The zero-order chi connectivity index (χ0) is 18.4. The van der Waals surface area contributed by atoms with Crippen molar-refractivity contribution in [3.63, 3.8) is 0 Å². The molecule has 1 aromatic rings. The van der Waals surface area contributed by atoms with Crippen LogP contribution in [0, 0.1) is 0 Å². The Balaban J connectivity index is 2.77. The number of phenolic OH excluding ortho intramolecular Hbond substituents is 2. The molecular formula is C15H18O9.